The van der Waals surface area contributed by atoms with Gasteiger partial charge in [0.15, 0.2) is 5.16 Å². The maximum absolute atomic E-state index is 13.1. The molecule has 1 aliphatic rings. The minimum atomic E-state index is -0.388. The number of fused-ring (bicyclic) bond motifs is 1. The van der Waals surface area contributed by atoms with Crippen molar-refractivity contribution >= 4 is 34.5 Å². The first kappa shape index (κ1) is 22.5. The van der Waals surface area contributed by atoms with Gasteiger partial charge in [-0.15, -0.1) is 0 Å². The SMILES string of the molecule is CC(C)C(=O)NC(=O)CSc1nc2ccccc2c(=O)n1CCCN1CCOCC1. The molecule has 2 aromatic rings. The number of thioether (sulfide) groups is 1. The number of rotatable bonds is 8. The van der Waals surface area contributed by atoms with Crippen molar-refractivity contribution in [2.75, 3.05) is 38.6 Å². The van der Waals surface area contributed by atoms with Crippen molar-refractivity contribution in [1.82, 2.24) is 19.8 Å². The zero-order chi connectivity index (χ0) is 21.5. The first-order chi connectivity index (χ1) is 14.5. The molecule has 2 heterocycles. The number of hydrogen-bond donors (Lipinski definition) is 1. The number of ether oxygens (including phenoxy) is 1. The van der Waals surface area contributed by atoms with E-state index in [2.05, 4.69) is 15.2 Å². The maximum atomic E-state index is 13.1. The number of amides is 2. The molecular weight excluding hydrogens is 404 g/mol. The predicted molar refractivity (Wildman–Crippen MR) is 117 cm³/mol. The summed E-state index contributed by atoms with van der Waals surface area (Å²) in [6.45, 7) is 8.12. The van der Waals surface area contributed by atoms with Gasteiger partial charge in [0.25, 0.3) is 5.56 Å². The van der Waals surface area contributed by atoms with Crippen LogP contribution in [-0.4, -0.2) is 64.9 Å². The van der Waals surface area contributed by atoms with E-state index >= 15 is 0 Å². The van der Waals surface area contributed by atoms with Crippen molar-refractivity contribution in [3.63, 3.8) is 0 Å². The van der Waals surface area contributed by atoms with Gasteiger partial charge in [0.2, 0.25) is 11.8 Å². The van der Waals surface area contributed by atoms with Crippen LogP contribution >= 0.6 is 11.8 Å². The maximum Gasteiger partial charge on any atom is 0.262 e. The molecule has 0 aliphatic carbocycles. The fourth-order valence-electron chi connectivity index (χ4n) is 3.18. The van der Waals surface area contributed by atoms with Crippen LogP contribution in [0.3, 0.4) is 0 Å². The molecule has 2 amide bonds. The monoisotopic (exact) mass is 432 g/mol. The van der Waals surface area contributed by atoms with Gasteiger partial charge in [-0.25, -0.2) is 4.98 Å². The first-order valence-corrected chi connectivity index (χ1v) is 11.2. The van der Waals surface area contributed by atoms with Gasteiger partial charge in [-0.05, 0) is 18.6 Å². The lowest BCUT2D eigenvalue weighted by molar-refractivity contribution is -0.130. The highest BCUT2D eigenvalue weighted by atomic mass is 32.2. The number of imide groups is 1. The molecule has 1 fully saturated rings. The van der Waals surface area contributed by atoms with Crippen LogP contribution in [0, 0.1) is 5.92 Å². The van der Waals surface area contributed by atoms with Crippen LogP contribution in [0.1, 0.15) is 20.3 Å². The van der Waals surface area contributed by atoms with Crippen LogP contribution in [0.25, 0.3) is 10.9 Å². The van der Waals surface area contributed by atoms with E-state index in [1.54, 1.807) is 30.5 Å². The van der Waals surface area contributed by atoms with Crippen molar-refractivity contribution in [2.24, 2.45) is 5.92 Å². The second-order valence-corrected chi connectivity index (χ2v) is 8.47. The lowest BCUT2D eigenvalue weighted by atomic mass is 10.2. The predicted octanol–water partition coefficient (Wildman–Crippen LogP) is 1.51. The molecule has 1 aromatic carbocycles. The van der Waals surface area contributed by atoms with Gasteiger partial charge in [0, 0.05) is 32.1 Å². The Labute approximate surface area is 180 Å². The minimum Gasteiger partial charge on any atom is -0.379 e. The number of carbonyl (C=O) groups excluding carboxylic acids is 2. The lowest BCUT2D eigenvalue weighted by Crippen LogP contribution is -2.37. The Balaban J connectivity index is 1.73. The van der Waals surface area contributed by atoms with E-state index < -0.39 is 0 Å². The third-order valence-corrected chi connectivity index (χ3v) is 5.88. The number of aromatic nitrogens is 2. The first-order valence-electron chi connectivity index (χ1n) is 10.2. The largest absolute Gasteiger partial charge is 0.379 e. The molecule has 30 heavy (non-hydrogen) atoms. The van der Waals surface area contributed by atoms with Crippen LogP contribution in [-0.2, 0) is 20.9 Å². The van der Waals surface area contributed by atoms with Gasteiger partial charge in [0.05, 0.1) is 29.9 Å². The van der Waals surface area contributed by atoms with Crippen molar-refractivity contribution < 1.29 is 14.3 Å². The fourth-order valence-corrected chi connectivity index (χ4v) is 4.01. The quantitative estimate of drug-likeness (QED) is 0.499. The topological polar surface area (TPSA) is 93.5 Å². The Morgan fingerprint density at radius 1 is 1.20 bits per heavy atom. The summed E-state index contributed by atoms with van der Waals surface area (Å²) >= 11 is 1.18. The van der Waals surface area contributed by atoms with Crippen LogP contribution in [0.5, 0.6) is 0 Å². The Morgan fingerprint density at radius 3 is 2.67 bits per heavy atom. The second kappa shape index (κ2) is 10.7. The molecule has 0 radical (unpaired) electrons. The van der Waals surface area contributed by atoms with Crippen molar-refractivity contribution in [3.8, 4) is 0 Å². The molecule has 162 valence electrons. The van der Waals surface area contributed by atoms with E-state index in [0.29, 0.717) is 22.6 Å². The van der Waals surface area contributed by atoms with E-state index in [9.17, 15) is 14.4 Å². The molecule has 9 heteroatoms. The van der Waals surface area contributed by atoms with Gasteiger partial charge in [-0.2, -0.15) is 0 Å². The van der Waals surface area contributed by atoms with E-state index in [1.807, 2.05) is 12.1 Å². The highest BCUT2D eigenvalue weighted by Gasteiger charge is 2.16. The molecule has 0 spiro atoms. The smallest absolute Gasteiger partial charge is 0.262 e. The van der Waals surface area contributed by atoms with Crippen LogP contribution in [0.15, 0.2) is 34.2 Å². The molecule has 1 saturated heterocycles. The summed E-state index contributed by atoms with van der Waals surface area (Å²) in [4.78, 5) is 43.9. The second-order valence-electron chi connectivity index (χ2n) is 7.53. The Hall–Kier alpha value is -2.23. The summed E-state index contributed by atoms with van der Waals surface area (Å²) in [5, 5.41) is 3.43. The standard InChI is InChI=1S/C21H28N4O4S/c1-15(2)19(27)23-18(26)14-30-21-22-17-7-4-3-6-16(17)20(28)25(21)9-5-8-24-10-12-29-13-11-24/h3-4,6-7,15H,5,8-14H2,1-2H3,(H,23,26,27). The van der Waals surface area contributed by atoms with E-state index in [4.69, 9.17) is 4.74 Å². The highest BCUT2D eigenvalue weighted by Crippen LogP contribution is 2.18. The van der Waals surface area contributed by atoms with Crippen LogP contribution in [0.2, 0.25) is 0 Å². The minimum absolute atomic E-state index is 0.0205. The molecule has 1 aliphatic heterocycles. The van der Waals surface area contributed by atoms with Gasteiger partial charge in [-0.1, -0.05) is 37.7 Å². The van der Waals surface area contributed by atoms with E-state index in [-0.39, 0.29) is 29.0 Å². The number of morpholine rings is 1. The van der Waals surface area contributed by atoms with Crippen molar-refractivity contribution in [3.05, 3.63) is 34.6 Å². The van der Waals surface area contributed by atoms with Crippen LogP contribution < -0.4 is 10.9 Å². The summed E-state index contributed by atoms with van der Waals surface area (Å²) < 4.78 is 7.02. The van der Waals surface area contributed by atoms with Crippen LogP contribution in [0.4, 0.5) is 0 Å². The van der Waals surface area contributed by atoms with Crippen molar-refractivity contribution in [2.45, 2.75) is 32.0 Å². The summed E-state index contributed by atoms with van der Waals surface area (Å²) in [5.74, 6) is -0.945. The zero-order valence-corrected chi connectivity index (χ0v) is 18.2. The molecular formula is C21H28N4O4S. The normalized spacial score (nSPS) is 14.9. The van der Waals surface area contributed by atoms with Gasteiger partial charge in [-0.3, -0.25) is 29.2 Å². The molecule has 0 unspecified atom stereocenters. The average molecular weight is 433 g/mol. The number of nitrogens with one attached hydrogen (secondary N) is 1. The molecule has 1 N–H and O–H groups in total. The molecule has 0 saturated carbocycles. The number of benzene rings is 1. The Bertz CT molecular complexity index is 954. The summed E-state index contributed by atoms with van der Waals surface area (Å²) in [6, 6.07) is 7.22. The summed E-state index contributed by atoms with van der Waals surface area (Å²) in [5.41, 5.74) is 0.497. The highest BCUT2D eigenvalue weighted by molar-refractivity contribution is 7.99. The Kier molecular flexibility index (Phi) is 8.01. The summed E-state index contributed by atoms with van der Waals surface area (Å²) in [6.07, 6.45) is 0.797. The van der Waals surface area contributed by atoms with Crippen molar-refractivity contribution in [1.29, 1.82) is 0 Å². The third-order valence-electron chi connectivity index (χ3n) is 4.91. The molecule has 0 bridgehead atoms. The van der Waals surface area contributed by atoms with E-state index in [1.165, 1.54) is 11.8 Å². The molecule has 3 rings (SSSR count). The third kappa shape index (κ3) is 5.90. The summed E-state index contributed by atoms with van der Waals surface area (Å²) in [7, 11) is 0. The average Bonchev–Trinajstić information content (AvgIpc) is 2.74. The molecule has 0 atom stereocenters. The van der Waals surface area contributed by atoms with Gasteiger partial charge >= 0.3 is 0 Å². The van der Waals surface area contributed by atoms with Gasteiger partial charge < -0.3 is 4.74 Å². The van der Waals surface area contributed by atoms with E-state index in [0.717, 1.165) is 39.3 Å². The lowest BCUT2D eigenvalue weighted by Gasteiger charge is -2.26. The Morgan fingerprint density at radius 2 is 1.93 bits per heavy atom. The number of nitrogens with zero attached hydrogens (tertiary/aromatic N) is 3. The number of carbonyl (C=O) groups is 2. The molecule has 8 nitrogen and oxygen atoms in total. The number of hydrogen-bond acceptors (Lipinski definition) is 7. The molecule has 1 aromatic heterocycles. The fraction of sp³-hybridized carbons (Fsp3) is 0.524. The van der Waals surface area contributed by atoms with Gasteiger partial charge in [0.1, 0.15) is 0 Å². The zero-order valence-electron chi connectivity index (χ0n) is 17.4. The number of para-hydroxylation sites is 1.